The summed E-state index contributed by atoms with van der Waals surface area (Å²) in [5, 5.41) is 7.79. The van der Waals surface area contributed by atoms with Gasteiger partial charge in [0.25, 0.3) is 5.97 Å². The highest BCUT2D eigenvalue weighted by Gasteiger charge is 2.36. The molecule has 0 saturated carbocycles. The van der Waals surface area contributed by atoms with Crippen molar-refractivity contribution in [3.8, 4) is 6.07 Å². The molecule has 0 amide bonds. The summed E-state index contributed by atoms with van der Waals surface area (Å²) in [4.78, 5) is 0. The Kier molecular flexibility index (Phi) is 16.0. The van der Waals surface area contributed by atoms with Crippen molar-refractivity contribution in [3.05, 3.63) is 12.2 Å². The maximum atomic E-state index is 7.79. The van der Waals surface area contributed by atoms with E-state index in [1.807, 2.05) is 6.07 Å². The largest absolute Gasteiger partial charge is 0.331 e. The average Bonchev–Trinajstić information content (AvgIpc) is 2.53. The lowest BCUT2D eigenvalue weighted by atomic mass is 9.99. The lowest BCUT2D eigenvalue weighted by Crippen LogP contribution is -2.42. The highest BCUT2D eigenvalue weighted by atomic mass is 16.9. The Labute approximate surface area is 137 Å². The third-order valence-corrected chi connectivity index (χ3v) is 3.64. The van der Waals surface area contributed by atoms with Gasteiger partial charge in [0.05, 0.1) is 6.07 Å². The van der Waals surface area contributed by atoms with Crippen molar-refractivity contribution in [1.82, 2.24) is 0 Å². The van der Waals surface area contributed by atoms with Crippen LogP contribution in [0.1, 0.15) is 65.7 Å². The van der Waals surface area contributed by atoms with Crippen molar-refractivity contribution < 1.29 is 14.2 Å². The molecule has 0 saturated heterocycles. The first kappa shape index (κ1) is 23.4. The van der Waals surface area contributed by atoms with Gasteiger partial charge in [-0.05, 0) is 13.3 Å². The van der Waals surface area contributed by atoms with Crippen LogP contribution in [0.4, 0.5) is 0 Å². The first-order valence-electron chi connectivity index (χ1n) is 8.15. The van der Waals surface area contributed by atoms with Gasteiger partial charge in [0.15, 0.2) is 0 Å². The molecule has 1 unspecified atom stereocenters. The van der Waals surface area contributed by atoms with Crippen molar-refractivity contribution in [1.29, 1.82) is 5.26 Å². The second-order valence-electron chi connectivity index (χ2n) is 5.57. The monoisotopic (exact) mass is 313 g/mol. The zero-order valence-corrected chi connectivity index (χ0v) is 15.4. The molecule has 0 radical (unpaired) electrons. The molecular formula is C18H35NO3. The van der Waals surface area contributed by atoms with Crippen LogP contribution in [0.25, 0.3) is 0 Å². The molecule has 0 heterocycles. The molecular weight excluding hydrogens is 278 g/mol. The predicted molar refractivity (Wildman–Crippen MR) is 91.3 cm³/mol. The molecule has 22 heavy (non-hydrogen) atoms. The Hall–Kier alpha value is -0.890. The van der Waals surface area contributed by atoms with E-state index >= 15 is 0 Å². The standard InChI is InChI=1S/C14H30O3.C4H5N/c1-6-7-8-9-10-11-12-13(2)14(15-3,16-4)17-5;1-4(2)3-5/h13H,6-12H2,1-5H3;1H2,2H3. The van der Waals surface area contributed by atoms with Gasteiger partial charge in [0, 0.05) is 32.8 Å². The Bertz CT molecular complexity index is 298. The SMILES string of the molecule is C=C(C)C#N.CCCCCCCCC(C)C(OC)(OC)OC. The fourth-order valence-electron chi connectivity index (χ4n) is 2.26. The van der Waals surface area contributed by atoms with E-state index in [-0.39, 0.29) is 5.92 Å². The zero-order chi connectivity index (χ0) is 17.4. The average molecular weight is 313 g/mol. The fourth-order valence-corrected chi connectivity index (χ4v) is 2.26. The van der Waals surface area contributed by atoms with Crippen molar-refractivity contribution >= 4 is 0 Å². The molecule has 0 spiro atoms. The molecule has 0 aromatic heterocycles. The molecule has 0 aromatic rings. The number of methoxy groups -OCH3 is 3. The third-order valence-electron chi connectivity index (χ3n) is 3.64. The van der Waals surface area contributed by atoms with E-state index < -0.39 is 5.97 Å². The minimum absolute atomic E-state index is 0.244. The van der Waals surface area contributed by atoms with Crippen molar-refractivity contribution in [2.45, 2.75) is 71.7 Å². The zero-order valence-electron chi connectivity index (χ0n) is 15.4. The second-order valence-corrected chi connectivity index (χ2v) is 5.57. The number of hydrogen-bond acceptors (Lipinski definition) is 4. The normalized spacial score (nSPS) is 12.0. The van der Waals surface area contributed by atoms with Crippen LogP contribution < -0.4 is 0 Å². The molecule has 0 rings (SSSR count). The number of hydrogen-bond donors (Lipinski definition) is 0. The molecule has 0 fully saturated rings. The second kappa shape index (κ2) is 15.0. The summed E-state index contributed by atoms with van der Waals surface area (Å²) in [6.45, 7) is 9.34. The molecule has 0 aliphatic rings. The van der Waals surface area contributed by atoms with Gasteiger partial charge in [-0.3, -0.25) is 0 Å². The molecule has 130 valence electrons. The minimum Gasteiger partial charge on any atom is -0.331 e. The van der Waals surface area contributed by atoms with Crippen molar-refractivity contribution in [2.24, 2.45) is 5.92 Å². The Morgan fingerprint density at radius 3 is 1.82 bits per heavy atom. The summed E-state index contributed by atoms with van der Waals surface area (Å²) in [6.07, 6.45) is 8.92. The quantitative estimate of drug-likeness (QED) is 0.304. The summed E-state index contributed by atoms with van der Waals surface area (Å²) in [5.74, 6) is -0.627. The van der Waals surface area contributed by atoms with E-state index in [9.17, 15) is 0 Å². The molecule has 0 aromatic carbocycles. The van der Waals surface area contributed by atoms with Gasteiger partial charge in [-0.1, -0.05) is 59.0 Å². The Morgan fingerprint density at radius 1 is 1.05 bits per heavy atom. The highest BCUT2D eigenvalue weighted by Crippen LogP contribution is 2.27. The predicted octanol–water partition coefficient (Wildman–Crippen LogP) is 5.05. The van der Waals surface area contributed by atoms with Crippen molar-refractivity contribution in [3.63, 3.8) is 0 Å². The molecule has 0 N–H and O–H groups in total. The van der Waals surface area contributed by atoms with Crippen LogP contribution >= 0.6 is 0 Å². The van der Waals surface area contributed by atoms with Crippen LogP contribution in [0.5, 0.6) is 0 Å². The van der Waals surface area contributed by atoms with Crippen molar-refractivity contribution in [2.75, 3.05) is 21.3 Å². The minimum atomic E-state index is -0.872. The van der Waals surface area contributed by atoms with Gasteiger partial charge in [0.2, 0.25) is 0 Å². The number of ether oxygens (including phenoxy) is 3. The van der Waals surface area contributed by atoms with Gasteiger partial charge in [-0.25, -0.2) is 0 Å². The Balaban J connectivity index is 0. The van der Waals surface area contributed by atoms with E-state index in [1.165, 1.54) is 38.5 Å². The lowest BCUT2D eigenvalue weighted by Gasteiger charge is -2.34. The number of nitriles is 1. The first-order chi connectivity index (χ1) is 10.4. The van der Waals surface area contributed by atoms with E-state index in [1.54, 1.807) is 28.3 Å². The molecule has 1 atom stereocenters. The molecule has 4 nitrogen and oxygen atoms in total. The van der Waals surface area contributed by atoms with Gasteiger partial charge < -0.3 is 14.2 Å². The number of unbranched alkanes of at least 4 members (excludes halogenated alkanes) is 5. The lowest BCUT2D eigenvalue weighted by molar-refractivity contribution is -0.377. The van der Waals surface area contributed by atoms with Gasteiger partial charge in [-0.15, -0.1) is 0 Å². The van der Waals surface area contributed by atoms with Gasteiger partial charge >= 0.3 is 0 Å². The van der Waals surface area contributed by atoms with Crippen LogP contribution in [-0.2, 0) is 14.2 Å². The topological polar surface area (TPSA) is 51.5 Å². The molecule has 0 aliphatic carbocycles. The first-order valence-corrected chi connectivity index (χ1v) is 8.15. The van der Waals surface area contributed by atoms with Gasteiger partial charge in [-0.2, -0.15) is 5.26 Å². The van der Waals surface area contributed by atoms with Crippen LogP contribution in [0, 0.1) is 17.2 Å². The third kappa shape index (κ3) is 10.8. The molecule has 0 bridgehead atoms. The summed E-state index contributed by atoms with van der Waals surface area (Å²) >= 11 is 0. The van der Waals surface area contributed by atoms with E-state index in [2.05, 4.69) is 20.4 Å². The Morgan fingerprint density at radius 2 is 1.45 bits per heavy atom. The number of nitrogens with zero attached hydrogens (tertiary/aromatic N) is 1. The summed E-state index contributed by atoms with van der Waals surface area (Å²) in [5.41, 5.74) is 0.560. The number of allylic oxidation sites excluding steroid dienone is 1. The molecule has 0 aliphatic heterocycles. The highest BCUT2D eigenvalue weighted by molar-refractivity contribution is 5.11. The van der Waals surface area contributed by atoms with Crippen LogP contribution in [-0.4, -0.2) is 27.3 Å². The van der Waals surface area contributed by atoms with Gasteiger partial charge in [0.1, 0.15) is 0 Å². The maximum Gasteiger partial charge on any atom is 0.284 e. The van der Waals surface area contributed by atoms with Crippen LogP contribution in [0.2, 0.25) is 0 Å². The van der Waals surface area contributed by atoms with E-state index in [4.69, 9.17) is 19.5 Å². The van der Waals surface area contributed by atoms with Crippen LogP contribution in [0.3, 0.4) is 0 Å². The van der Waals surface area contributed by atoms with E-state index in [0.717, 1.165) is 6.42 Å². The summed E-state index contributed by atoms with van der Waals surface area (Å²) < 4.78 is 16.0. The fraction of sp³-hybridized carbons (Fsp3) is 0.833. The molecule has 4 heteroatoms. The summed E-state index contributed by atoms with van der Waals surface area (Å²) in [7, 11) is 4.89. The van der Waals surface area contributed by atoms with E-state index in [0.29, 0.717) is 5.57 Å². The maximum absolute atomic E-state index is 7.79. The summed E-state index contributed by atoms with van der Waals surface area (Å²) in [6, 6.07) is 1.83. The number of rotatable bonds is 11. The smallest absolute Gasteiger partial charge is 0.284 e. The van der Waals surface area contributed by atoms with Crippen LogP contribution in [0.15, 0.2) is 12.2 Å².